The van der Waals surface area contributed by atoms with E-state index in [-0.39, 0.29) is 0 Å². The quantitative estimate of drug-likeness (QED) is 0.525. The first-order valence-electron chi connectivity index (χ1n) is 7.12. The van der Waals surface area contributed by atoms with Crippen LogP contribution in [0.2, 0.25) is 5.02 Å². The molecule has 4 nitrogen and oxygen atoms in total. The van der Waals surface area contributed by atoms with E-state index in [0.29, 0.717) is 11.0 Å². The van der Waals surface area contributed by atoms with Gasteiger partial charge in [-0.2, -0.15) is 0 Å². The van der Waals surface area contributed by atoms with Gasteiger partial charge in [-0.1, -0.05) is 17.7 Å². The number of nitrogens with one attached hydrogen (secondary N) is 2. The van der Waals surface area contributed by atoms with Crippen molar-refractivity contribution in [3.63, 3.8) is 0 Å². The van der Waals surface area contributed by atoms with Crippen molar-refractivity contribution in [2.45, 2.75) is 6.92 Å². The molecule has 2 aromatic heterocycles. The summed E-state index contributed by atoms with van der Waals surface area (Å²) in [5.74, 6) is 0.696. The lowest BCUT2D eigenvalue weighted by Crippen LogP contribution is -1.94. The molecule has 114 valence electrons. The monoisotopic (exact) mass is 340 g/mol. The Morgan fingerprint density at radius 2 is 2.09 bits per heavy atom. The molecule has 0 aliphatic rings. The molecule has 2 aromatic carbocycles. The standard InChI is InChI=1S/C17H13ClN4S/c1-10-2-4-12(18)9-14(10)21-17-20-13-5-3-11(8-15(13)22-17)16-19-6-7-23-16/h2-9H,1H3,(H2,20,21,22). The molecule has 0 saturated carbocycles. The maximum Gasteiger partial charge on any atom is 0.205 e. The van der Waals surface area contributed by atoms with E-state index >= 15 is 0 Å². The van der Waals surface area contributed by atoms with Crippen molar-refractivity contribution >= 4 is 45.6 Å². The number of aromatic nitrogens is 3. The van der Waals surface area contributed by atoms with E-state index in [2.05, 4.69) is 26.3 Å². The molecule has 0 bridgehead atoms. The third kappa shape index (κ3) is 2.81. The Morgan fingerprint density at radius 1 is 1.17 bits per heavy atom. The van der Waals surface area contributed by atoms with Crippen molar-refractivity contribution < 1.29 is 0 Å². The number of aryl methyl sites for hydroxylation is 1. The number of fused-ring (bicyclic) bond motifs is 1. The van der Waals surface area contributed by atoms with Crippen LogP contribution in [-0.2, 0) is 0 Å². The average molecular weight is 341 g/mol. The molecule has 0 atom stereocenters. The fourth-order valence-electron chi connectivity index (χ4n) is 2.42. The first-order valence-corrected chi connectivity index (χ1v) is 8.37. The molecular formula is C17H13ClN4S. The highest BCUT2D eigenvalue weighted by Gasteiger charge is 2.08. The maximum absolute atomic E-state index is 6.06. The molecule has 0 saturated heterocycles. The van der Waals surface area contributed by atoms with Gasteiger partial charge in [0.2, 0.25) is 5.95 Å². The van der Waals surface area contributed by atoms with E-state index in [9.17, 15) is 0 Å². The summed E-state index contributed by atoms with van der Waals surface area (Å²) in [5, 5.41) is 6.96. The van der Waals surface area contributed by atoms with Gasteiger partial charge in [0.05, 0.1) is 11.0 Å². The van der Waals surface area contributed by atoms with Gasteiger partial charge < -0.3 is 10.3 Å². The van der Waals surface area contributed by atoms with Crippen molar-refractivity contribution in [3.05, 3.63) is 58.6 Å². The summed E-state index contributed by atoms with van der Waals surface area (Å²) >= 11 is 7.69. The van der Waals surface area contributed by atoms with Crippen molar-refractivity contribution in [1.82, 2.24) is 15.0 Å². The van der Waals surface area contributed by atoms with Gasteiger partial charge in [-0.15, -0.1) is 11.3 Å². The Balaban J connectivity index is 1.70. The van der Waals surface area contributed by atoms with Crippen LogP contribution in [0.5, 0.6) is 0 Å². The topological polar surface area (TPSA) is 53.6 Å². The Labute approximate surface area is 142 Å². The van der Waals surface area contributed by atoms with Crippen LogP contribution in [0.1, 0.15) is 5.56 Å². The van der Waals surface area contributed by atoms with Gasteiger partial charge in [-0.3, -0.25) is 0 Å². The Morgan fingerprint density at radius 3 is 2.91 bits per heavy atom. The number of hydrogen-bond donors (Lipinski definition) is 2. The van der Waals surface area contributed by atoms with Gasteiger partial charge in [-0.05, 0) is 42.8 Å². The molecule has 23 heavy (non-hydrogen) atoms. The van der Waals surface area contributed by atoms with Crippen LogP contribution in [0, 0.1) is 6.92 Å². The fraction of sp³-hybridized carbons (Fsp3) is 0.0588. The molecular weight excluding hydrogens is 328 g/mol. The van der Waals surface area contributed by atoms with Crippen molar-refractivity contribution in [3.8, 4) is 10.6 Å². The molecule has 4 aromatic rings. The Bertz CT molecular complexity index is 976. The molecule has 2 N–H and O–H groups in total. The van der Waals surface area contributed by atoms with E-state index in [1.54, 1.807) is 11.3 Å². The number of thiazole rings is 1. The first kappa shape index (κ1) is 14.2. The predicted octanol–water partition coefficient (Wildman–Crippen LogP) is 5.39. The molecule has 2 heterocycles. The van der Waals surface area contributed by atoms with Gasteiger partial charge in [-0.25, -0.2) is 9.97 Å². The zero-order chi connectivity index (χ0) is 15.8. The lowest BCUT2D eigenvalue weighted by molar-refractivity contribution is 1.29. The molecule has 0 radical (unpaired) electrons. The second-order valence-corrected chi connectivity index (χ2v) is 6.57. The van der Waals surface area contributed by atoms with Gasteiger partial charge in [0.15, 0.2) is 0 Å². The number of aromatic amines is 1. The largest absolute Gasteiger partial charge is 0.325 e. The minimum absolute atomic E-state index is 0.695. The molecule has 0 aliphatic heterocycles. The number of anilines is 2. The maximum atomic E-state index is 6.06. The number of rotatable bonds is 3. The van der Waals surface area contributed by atoms with Gasteiger partial charge in [0.1, 0.15) is 5.01 Å². The zero-order valence-corrected chi connectivity index (χ0v) is 13.9. The lowest BCUT2D eigenvalue weighted by atomic mass is 10.2. The minimum Gasteiger partial charge on any atom is -0.325 e. The SMILES string of the molecule is Cc1ccc(Cl)cc1Nc1nc2ccc(-c3nccs3)cc2[nH]1. The van der Waals surface area contributed by atoms with Crippen molar-refractivity contribution in [1.29, 1.82) is 0 Å². The highest BCUT2D eigenvalue weighted by Crippen LogP contribution is 2.27. The molecule has 0 amide bonds. The van der Waals surface area contributed by atoms with Crippen LogP contribution >= 0.6 is 22.9 Å². The summed E-state index contributed by atoms with van der Waals surface area (Å²) < 4.78 is 0. The molecule has 0 unspecified atom stereocenters. The highest BCUT2D eigenvalue weighted by atomic mass is 35.5. The van der Waals surface area contributed by atoms with Crippen LogP contribution in [-0.4, -0.2) is 15.0 Å². The molecule has 4 rings (SSSR count). The molecule has 6 heteroatoms. The van der Waals surface area contributed by atoms with Crippen molar-refractivity contribution in [2.75, 3.05) is 5.32 Å². The summed E-state index contributed by atoms with van der Waals surface area (Å²) in [6.07, 6.45) is 1.81. The number of nitrogens with zero attached hydrogens (tertiary/aromatic N) is 2. The first-order chi connectivity index (χ1) is 11.2. The molecule has 0 fully saturated rings. The van der Waals surface area contributed by atoms with Crippen LogP contribution in [0.25, 0.3) is 21.6 Å². The van der Waals surface area contributed by atoms with Crippen LogP contribution in [0.15, 0.2) is 48.0 Å². The summed E-state index contributed by atoms with van der Waals surface area (Å²) in [4.78, 5) is 12.2. The van der Waals surface area contributed by atoms with E-state index in [4.69, 9.17) is 11.6 Å². The predicted molar refractivity (Wildman–Crippen MR) is 96.7 cm³/mol. The van der Waals surface area contributed by atoms with Gasteiger partial charge in [0, 0.05) is 27.9 Å². The smallest absolute Gasteiger partial charge is 0.205 e. The Hall–Kier alpha value is -2.37. The van der Waals surface area contributed by atoms with E-state index in [0.717, 1.165) is 32.9 Å². The fourth-order valence-corrected chi connectivity index (χ4v) is 3.23. The van der Waals surface area contributed by atoms with Gasteiger partial charge in [0.25, 0.3) is 0 Å². The third-order valence-electron chi connectivity index (χ3n) is 3.61. The highest BCUT2D eigenvalue weighted by molar-refractivity contribution is 7.13. The lowest BCUT2D eigenvalue weighted by Gasteiger charge is -2.06. The summed E-state index contributed by atoms with van der Waals surface area (Å²) in [6.45, 7) is 2.03. The average Bonchev–Trinajstić information content (AvgIpc) is 3.19. The van der Waals surface area contributed by atoms with Crippen LogP contribution in [0.3, 0.4) is 0 Å². The normalized spacial score (nSPS) is 11.0. The van der Waals surface area contributed by atoms with E-state index in [1.807, 2.05) is 48.8 Å². The number of imidazole rings is 1. The van der Waals surface area contributed by atoms with E-state index < -0.39 is 0 Å². The molecule has 0 aliphatic carbocycles. The van der Waals surface area contributed by atoms with Crippen LogP contribution in [0.4, 0.5) is 11.6 Å². The number of hydrogen-bond acceptors (Lipinski definition) is 4. The number of benzene rings is 2. The Kier molecular flexibility index (Phi) is 3.52. The second kappa shape index (κ2) is 5.68. The number of H-pyrrole nitrogens is 1. The summed E-state index contributed by atoms with van der Waals surface area (Å²) in [7, 11) is 0. The number of halogens is 1. The summed E-state index contributed by atoms with van der Waals surface area (Å²) in [6, 6.07) is 11.9. The van der Waals surface area contributed by atoms with Gasteiger partial charge >= 0.3 is 0 Å². The zero-order valence-electron chi connectivity index (χ0n) is 12.3. The second-order valence-electron chi connectivity index (χ2n) is 5.24. The summed E-state index contributed by atoms with van der Waals surface area (Å²) in [5.41, 5.74) is 5.02. The van der Waals surface area contributed by atoms with Crippen molar-refractivity contribution in [2.24, 2.45) is 0 Å². The molecule has 0 spiro atoms. The minimum atomic E-state index is 0.695. The van der Waals surface area contributed by atoms with E-state index in [1.165, 1.54) is 0 Å². The third-order valence-corrected chi connectivity index (χ3v) is 4.67. The van der Waals surface area contributed by atoms with Crippen LogP contribution < -0.4 is 5.32 Å².